The number of aliphatic hydroxyl groups is 1. The highest BCUT2D eigenvalue weighted by atomic mass is 16.3. The largest absolute Gasteiger partial charge is 0.395 e. The third-order valence-electron chi connectivity index (χ3n) is 4.54. The molecule has 0 radical (unpaired) electrons. The van der Waals surface area contributed by atoms with Crippen molar-refractivity contribution in [2.75, 3.05) is 19.7 Å². The van der Waals surface area contributed by atoms with Crippen LogP contribution >= 0.6 is 0 Å². The highest BCUT2D eigenvalue weighted by Crippen LogP contribution is 2.23. The zero-order valence-corrected chi connectivity index (χ0v) is 11.4. The van der Waals surface area contributed by atoms with Gasteiger partial charge in [0, 0.05) is 18.1 Å². The number of nitrogens with zero attached hydrogens (tertiary/aromatic N) is 1. The molecule has 3 nitrogen and oxygen atoms in total. The van der Waals surface area contributed by atoms with Crippen LogP contribution in [0, 0.1) is 5.92 Å². The van der Waals surface area contributed by atoms with Crippen LogP contribution in [0.4, 0.5) is 0 Å². The van der Waals surface area contributed by atoms with Gasteiger partial charge in [0.05, 0.1) is 6.61 Å². The Morgan fingerprint density at radius 1 is 1.29 bits per heavy atom. The average Bonchev–Trinajstić information content (AvgIpc) is 3.13. The first-order valence-electron chi connectivity index (χ1n) is 7.31. The summed E-state index contributed by atoms with van der Waals surface area (Å²) in [7, 11) is 0. The number of rotatable bonds is 6. The van der Waals surface area contributed by atoms with Crippen LogP contribution in [0.15, 0.2) is 0 Å². The van der Waals surface area contributed by atoms with Gasteiger partial charge in [-0.25, -0.2) is 0 Å². The van der Waals surface area contributed by atoms with E-state index in [2.05, 4.69) is 24.1 Å². The topological polar surface area (TPSA) is 35.5 Å². The van der Waals surface area contributed by atoms with Crippen LogP contribution in [0.5, 0.6) is 0 Å². The molecule has 0 amide bonds. The Morgan fingerprint density at radius 2 is 2.06 bits per heavy atom. The SMILES string of the molecule is CC1CCCN(CCC(CO)NC2CC2)C1C. The van der Waals surface area contributed by atoms with Crippen molar-refractivity contribution in [1.29, 1.82) is 0 Å². The second-order valence-electron chi connectivity index (χ2n) is 6.01. The highest BCUT2D eigenvalue weighted by Gasteiger charge is 2.27. The molecule has 1 saturated carbocycles. The lowest BCUT2D eigenvalue weighted by Crippen LogP contribution is -2.45. The quantitative estimate of drug-likeness (QED) is 0.740. The predicted octanol–water partition coefficient (Wildman–Crippen LogP) is 1.61. The summed E-state index contributed by atoms with van der Waals surface area (Å²) >= 11 is 0. The van der Waals surface area contributed by atoms with Gasteiger partial charge in [0.1, 0.15) is 0 Å². The Labute approximate surface area is 106 Å². The zero-order chi connectivity index (χ0) is 12.3. The van der Waals surface area contributed by atoms with Crippen molar-refractivity contribution in [3.05, 3.63) is 0 Å². The molecule has 0 aromatic carbocycles. The smallest absolute Gasteiger partial charge is 0.0585 e. The summed E-state index contributed by atoms with van der Waals surface area (Å²) in [4.78, 5) is 2.60. The summed E-state index contributed by atoms with van der Waals surface area (Å²) in [6.45, 7) is 7.38. The predicted molar refractivity (Wildman–Crippen MR) is 71.1 cm³/mol. The standard InChI is InChI=1S/C14H28N2O/c1-11-4-3-8-16(12(11)2)9-7-14(10-17)15-13-5-6-13/h11-15,17H,3-10H2,1-2H3. The Kier molecular flexibility index (Phi) is 4.83. The first kappa shape index (κ1) is 13.3. The van der Waals surface area contributed by atoms with Crippen molar-refractivity contribution >= 4 is 0 Å². The molecular weight excluding hydrogens is 212 g/mol. The van der Waals surface area contributed by atoms with Crippen molar-refractivity contribution in [3.63, 3.8) is 0 Å². The number of likely N-dealkylation sites (tertiary alicyclic amines) is 1. The number of aliphatic hydroxyl groups excluding tert-OH is 1. The molecule has 0 aromatic heterocycles. The number of hydrogen-bond donors (Lipinski definition) is 2. The fourth-order valence-corrected chi connectivity index (χ4v) is 2.87. The summed E-state index contributed by atoms with van der Waals surface area (Å²) < 4.78 is 0. The molecule has 0 aromatic rings. The van der Waals surface area contributed by atoms with E-state index in [0.29, 0.717) is 18.1 Å². The van der Waals surface area contributed by atoms with Crippen molar-refractivity contribution in [1.82, 2.24) is 10.2 Å². The molecule has 2 aliphatic rings. The lowest BCUT2D eigenvalue weighted by atomic mass is 9.92. The fraction of sp³-hybridized carbons (Fsp3) is 1.00. The molecule has 0 spiro atoms. The first-order valence-corrected chi connectivity index (χ1v) is 7.31. The lowest BCUT2D eigenvalue weighted by molar-refractivity contribution is 0.103. The van der Waals surface area contributed by atoms with Gasteiger partial charge in [-0.2, -0.15) is 0 Å². The monoisotopic (exact) mass is 240 g/mol. The van der Waals surface area contributed by atoms with Crippen molar-refractivity contribution in [2.45, 2.75) is 64.1 Å². The van der Waals surface area contributed by atoms with E-state index in [-0.39, 0.29) is 6.61 Å². The van der Waals surface area contributed by atoms with Gasteiger partial charge >= 0.3 is 0 Å². The minimum absolute atomic E-state index is 0.286. The van der Waals surface area contributed by atoms with Crippen molar-refractivity contribution in [3.8, 4) is 0 Å². The molecule has 3 atom stereocenters. The zero-order valence-electron chi connectivity index (χ0n) is 11.4. The lowest BCUT2D eigenvalue weighted by Gasteiger charge is -2.38. The van der Waals surface area contributed by atoms with Crippen LogP contribution in [-0.2, 0) is 0 Å². The van der Waals surface area contributed by atoms with E-state index in [9.17, 15) is 5.11 Å². The molecule has 17 heavy (non-hydrogen) atoms. The molecule has 2 fully saturated rings. The van der Waals surface area contributed by atoms with Crippen LogP contribution in [0.1, 0.15) is 46.0 Å². The molecular formula is C14H28N2O. The summed E-state index contributed by atoms with van der Waals surface area (Å²) in [5, 5.41) is 12.9. The maximum Gasteiger partial charge on any atom is 0.0585 e. The van der Waals surface area contributed by atoms with E-state index in [4.69, 9.17) is 0 Å². The maximum atomic E-state index is 9.37. The number of hydrogen-bond acceptors (Lipinski definition) is 3. The van der Waals surface area contributed by atoms with Gasteiger partial charge in [0.25, 0.3) is 0 Å². The summed E-state index contributed by atoms with van der Waals surface area (Å²) in [5.74, 6) is 0.827. The van der Waals surface area contributed by atoms with Gasteiger partial charge in [0.2, 0.25) is 0 Å². The van der Waals surface area contributed by atoms with Crippen LogP contribution in [-0.4, -0.2) is 47.8 Å². The molecule has 1 aliphatic heterocycles. The van der Waals surface area contributed by atoms with Crippen LogP contribution in [0.25, 0.3) is 0 Å². The maximum absolute atomic E-state index is 9.37. The molecule has 1 heterocycles. The van der Waals surface area contributed by atoms with Crippen LogP contribution in [0.3, 0.4) is 0 Å². The van der Waals surface area contributed by atoms with Crippen molar-refractivity contribution < 1.29 is 5.11 Å². The highest BCUT2D eigenvalue weighted by molar-refractivity contribution is 4.86. The third-order valence-corrected chi connectivity index (χ3v) is 4.54. The number of piperidine rings is 1. The van der Waals surface area contributed by atoms with E-state index >= 15 is 0 Å². The summed E-state index contributed by atoms with van der Waals surface area (Å²) in [6.07, 6.45) is 6.40. The van der Waals surface area contributed by atoms with E-state index < -0.39 is 0 Å². The molecule has 2 rings (SSSR count). The van der Waals surface area contributed by atoms with E-state index in [1.54, 1.807) is 0 Å². The number of nitrogens with one attached hydrogen (secondary N) is 1. The Balaban J connectivity index is 1.71. The average molecular weight is 240 g/mol. The molecule has 2 N–H and O–H groups in total. The van der Waals surface area contributed by atoms with Gasteiger partial charge in [-0.3, -0.25) is 0 Å². The Morgan fingerprint density at radius 3 is 2.71 bits per heavy atom. The second kappa shape index (κ2) is 6.17. The fourth-order valence-electron chi connectivity index (χ4n) is 2.87. The van der Waals surface area contributed by atoms with Crippen LogP contribution < -0.4 is 5.32 Å². The molecule has 0 bridgehead atoms. The van der Waals surface area contributed by atoms with E-state index in [1.165, 1.54) is 32.2 Å². The third kappa shape index (κ3) is 3.94. The van der Waals surface area contributed by atoms with Crippen LogP contribution in [0.2, 0.25) is 0 Å². The van der Waals surface area contributed by atoms with Gasteiger partial charge in [-0.15, -0.1) is 0 Å². The second-order valence-corrected chi connectivity index (χ2v) is 6.01. The Hall–Kier alpha value is -0.120. The van der Waals surface area contributed by atoms with E-state index in [1.807, 2.05) is 0 Å². The molecule has 1 aliphatic carbocycles. The Bertz CT molecular complexity index is 230. The van der Waals surface area contributed by atoms with Gasteiger partial charge in [0.15, 0.2) is 0 Å². The van der Waals surface area contributed by atoms with Gasteiger partial charge in [-0.1, -0.05) is 6.92 Å². The van der Waals surface area contributed by atoms with E-state index in [0.717, 1.165) is 18.9 Å². The molecule has 1 saturated heterocycles. The summed E-state index contributed by atoms with van der Waals surface area (Å²) in [5.41, 5.74) is 0. The molecule has 3 unspecified atom stereocenters. The minimum atomic E-state index is 0.286. The minimum Gasteiger partial charge on any atom is -0.395 e. The molecule has 3 heteroatoms. The van der Waals surface area contributed by atoms with Crippen molar-refractivity contribution in [2.24, 2.45) is 5.92 Å². The molecule has 100 valence electrons. The van der Waals surface area contributed by atoms with Gasteiger partial charge in [-0.05, 0) is 58.0 Å². The first-order chi connectivity index (χ1) is 8.20. The normalized spacial score (nSPS) is 32.6. The van der Waals surface area contributed by atoms with Gasteiger partial charge < -0.3 is 15.3 Å². The summed E-state index contributed by atoms with van der Waals surface area (Å²) in [6, 6.07) is 1.72.